The summed E-state index contributed by atoms with van der Waals surface area (Å²) in [5.74, 6) is 1.66. The van der Waals surface area contributed by atoms with E-state index in [1.807, 2.05) is 42.2 Å². The molecule has 236 valence electrons. The topological polar surface area (TPSA) is 107 Å². The molecule has 2 aliphatic rings. The highest BCUT2D eigenvalue weighted by molar-refractivity contribution is 6.06. The zero-order chi connectivity index (χ0) is 32.0. The SMILES string of the molecule is COc1ccc(C(=O)COc2cc(C(=O)N3CCN(Cc4ccc5c(c4)OCO5)CC3)ccc2NC(=O)c2cccc(C)c2)cc1. The first-order chi connectivity index (χ1) is 22.4. The number of benzene rings is 4. The van der Waals surface area contributed by atoms with Gasteiger partial charge in [-0.15, -0.1) is 0 Å². The van der Waals surface area contributed by atoms with E-state index in [1.54, 1.807) is 61.7 Å². The second-order valence-corrected chi connectivity index (χ2v) is 11.2. The summed E-state index contributed by atoms with van der Waals surface area (Å²) in [6.07, 6.45) is 0. The lowest BCUT2D eigenvalue weighted by Gasteiger charge is -2.35. The Morgan fingerprint density at radius 1 is 0.804 bits per heavy atom. The summed E-state index contributed by atoms with van der Waals surface area (Å²) in [6, 6.07) is 24.8. The number of nitrogens with zero attached hydrogens (tertiary/aromatic N) is 2. The van der Waals surface area contributed by atoms with Crippen molar-refractivity contribution in [3.63, 3.8) is 0 Å². The number of carbonyl (C=O) groups is 3. The number of ether oxygens (including phenoxy) is 4. The van der Waals surface area contributed by atoms with E-state index < -0.39 is 0 Å². The lowest BCUT2D eigenvalue weighted by molar-refractivity contribution is 0.0628. The van der Waals surface area contributed by atoms with Gasteiger partial charge in [0.2, 0.25) is 6.79 Å². The highest BCUT2D eigenvalue weighted by atomic mass is 16.7. The van der Waals surface area contributed by atoms with Gasteiger partial charge in [0, 0.05) is 49.4 Å². The normalized spacial score (nSPS) is 14.1. The van der Waals surface area contributed by atoms with Gasteiger partial charge in [0.1, 0.15) is 11.5 Å². The molecular weight excluding hydrogens is 586 g/mol. The predicted molar refractivity (Wildman–Crippen MR) is 172 cm³/mol. The molecule has 2 aliphatic heterocycles. The minimum Gasteiger partial charge on any atom is -0.497 e. The summed E-state index contributed by atoms with van der Waals surface area (Å²) in [4.78, 5) is 43.7. The highest BCUT2D eigenvalue weighted by Gasteiger charge is 2.24. The van der Waals surface area contributed by atoms with Gasteiger partial charge in [0.25, 0.3) is 11.8 Å². The molecule has 0 aromatic heterocycles. The maximum Gasteiger partial charge on any atom is 0.255 e. The fraction of sp³-hybridized carbons (Fsp3) is 0.250. The molecule has 1 N–H and O–H groups in total. The number of aryl methyl sites for hydroxylation is 1. The van der Waals surface area contributed by atoms with Gasteiger partial charge in [0.15, 0.2) is 23.9 Å². The number of carbonyl (C=O) groups excluding carboxylic acids is 3. The van der Waals surface area contributed by atoms with Crippen molar-refractivity contribution in [1.82, 2.24) is 9.80 Å². The maximum atomic E-state index is 13.6. The third kappa shape index (κ3) is 7.13. The number of hydrogen-bond acceptors (Lipinski definition) is 8. The minimum absolute atomic E-state index is 0.148. The fourth-order valence-electron chi connectivity index (χ4n) is 5.45. The zero-order valence-electron chi connectivity index (χ0n) is 25.8. The van der Waals surface area contributed by atoms with Crippen LogP contribution in [0.15, 0.2) is 84.9 Å². The van der Waals surface area contributed by atoms with Crippen LogP contribution in [0.4, 0.5) is 5.69 Å². The van der Waals surface area contributed by atoms with Crippen LogP contribution in [-0.4, -0.2) is 74.1 Å². The lowest BCUT2D eigenvalue weighted by Crippen LogP contribution is -2.48. The van der Waals surface area contributed by atoms with Gasteiger partial charge >= 0.3 is 0 Å². The number of fused-ring (bicyclic) bond motifs is 1. The molecule has 0 bridgehead atoms. The Hall–Kier alpha value is -5.35. The third-order valence-corrected chi connectivity index (χ3v) is 8.03. The number of ketones is 1. The van der Waals surface area contributed by atoms with E-state index in [9.17, 15) is 14.4 Å². The molecule has 46 heavy (non-hydrogen) atoms. The van der Waals surface area contributed by atoms with Crippen LogP contribution in [0.1, 0.15) is 42.2 Å². The summed E-state index contributed by atoms with van der Waals surface area (Å²) in [5, 5.41) is 2.88. The van der Waals surface area contributed by atoms with Crippen LogP contribution < -0.4 is 24.3 Å². The summed E-state index contributed by atoms with van der Waals surface area (Å²) in [5.41, 5.74) is 3.78. The molecule has 0 spiro atoms. The van der Waals surface area contributed by atoms with Crippen LogP contribution in [0.25, 0.3) is 0 Å². The molecule has 0 unspecified atom stereocenters. The Labute approximate surface area is 267 Å². The van der Waals surface area contributed by atoms with Gasteiger partial charge in [-0.1, -0.05) is 23.8 Å². The Bertz CT molecular complexity index is 1750. The van der Waals surface area contributed by atoms with E-state index in [4.69, 9.17) is 18.9 Å². The Morgan fingerprint density at radius 3 is 2.33 bits per heavy atom. The molecule has 0 saturated carbocycles. The summed E-state index contributed by atoms with van der Waals surface area (Å²) < 4.78 is 22.1. The van der Waals surface area contributed by atoms with Crippen molar-refractivity contribution < 1.29 is 33.3 Å². The van der Waals surface area contributed by atoms with Crippen molar-refractivity contribution in [3.8, 4) is 23.0 Å². The number of amides is 2. The lowest BCUT2D eigenvalue weighted by atomic mass is 10.1. The van der Waals surface area contributed by atoms with Crippen LogP contribution in [0.2, 0.25) is 0 Å². The van der Waals surface area contributed by atoms with Crippen molar-refractivity contribution in [3.05, 3.63) is 113 Å². The Morgan fingerprint density at radius 2 is 1.57 bits per heavy atom. The van der Waals surface area contributed by atoms with Crippen LogP contribution >= 0.6 is 0 Å². The molecular formula is C36H35N3O7. The monoisotopic (exact) mass is 621 g/mol. The third-order valence-electron chi connectivity index (χ3n) is 8.03. The second kappa shape index (κ2) is 13.7. The quantitative estimate of drug-likeness (QED) is 0.241. The average Bonchev–Trinajstić information content (AvgIpc) is 3.56. The highest BCUT2D eigenvalue weighted by Crippen LogP contribution is 2.33. The molecule has 6 rings (SSSR count). The standard InChI is InChI=1S/C36H35N3O7/c1-24-4-3-5-27(18-24)35(41)37-30-12-9-28(20-33(30)44-22-31(40)26-7-10-29(43-2)11-8-26)36(42)39-16-14-38(15-17-39)21-25-6-13-32-34(19-25)46-23-45-32/h3-13,18-20H,14-17,21-23H2,1-2H3,(H,37,41). The summed E-state index contributed by atoms with van der Waals surface area (Å²) >= 11 is 0. The van der Waals surface area contributed by atoms with Crippen molar-refractivity contribution in [2.75, 3.05) is 52.0 Å². The van der Waals surface area contributed by atoms with Gasteiger partial charge in [0.05, 0.1) is 12.8 Å². The molecule has 4 aromatic rings. The van der Waals surface area contributed by atoms with E-state index in [2.05, 4.69) is 10.2 Å². The van der Waals surface area contributed by atoms with Crippen molar-refractivity contribution in [2.24, 2.45) is 0 Å². The van der Waals surface area contributed by atoms with Crippen LogP contribution in [0.3, 0.4) is 0 Å². The van der Waals surface area contributed by atoms with Gasteiger partial charge in [-0.25, -0.2) is 0 Å². The van der Waals surface area contributed by atoms with E-state index >= 15 is 0 Å². The molecule has 4 aromatic carbocycles. The molecule has 0 radical (unpaired) electrons. The first-order valence-electron chi connectivity index (χ1n) is 15.1. The number of nitrogens with one attached hydrogen (secondary N) is 1. The minimum atomic E-state index is -0.326. The summed E-state index contributed by atoms with van der Waals surface area (Å²) in [6.45, 7) is 5.15. The number of hydrogen-bond donors (Lipinski definition) is 1. The number of rotatable bonds is 10. The molecule has 2 amide bonds. The molecule has 1 saturated heterocycles. The number of anilines is 1. The van der Waals surface area contributed by atoms with Crippen LogP contribution in [0.5, 0.6) is 23.0 Å². The number of methoxy groups -OCH3 is 1. The van der Waals surface area contributed by atoms with Crippen molar-refractivity contribution >= 4 is 23.3 Å². The number of Topliss-reactive ketones (excluding diaryl/α,β-unsaturated/α-hetero) is 1. The Kier molecular flexibility index (Phi) is 9.16. The summed E-state index contributed by atoms with van der Waals surface area (Å²) in [7, 11) is 1.56. The van der Waals surface area contributed by atoms with Crippen molar-refractivity contribution in [1.29, 1.82) is 0 Å². The zero-order valence-corrected chi connectivity index (χ0v) is 25.8. The first-order valence-corrected chi connectivity index (χ1v) is 15.1. The molecule has 10 heteroatoms. The smallest absolute Gasteiger partial charge is 0.255 e. The van der Waals surface area contributed by atoms with Gasteiger partial charge in [-0.2, -0.15) is 0 Å². The van der Waals surface area contributed by atoms with Crippen molar-refractivity contribution in [2.45, 2.75) is 13.5 Å². The van der Waals surface area contributed by atoms with Gasteiger partial charge in [-0.05, 0) is 79.2 Å². The molecule has 0 aliphatic carbocycles. The largest absolute Gasteiger partial charge is 0.497 e. The van der Waals surface area contributed by atoms with E-state index in [0.29, 0.717) is 54.3 Å². The maximum absolute atomic E-state index is 13.6. The average molecular weight is 622 g/mol. The van der Waals surface area contributed by atoms with E-state index in [0.717, 1.165) is 29.2 Å². The Balaban J connectivity index is 1.14. The van der Waals surface area contributed by atoms with Crippen LogP contribution in [-0.2, 0) is 6.54 Å². The molecule has 1 fully saturated rings. The van der Waals surface area contributed by atoms with Gasteiger partial charge < -0.3 is 29.2 Å². The predicted octanol–water partition coefficient (Wildman–Crippen LogP) is 5.20. The fourth-order valence-corrected chi connectivity index (χ4v) is 5.45. The van der Waals surface area contributed by atoms with E-state index in [1.165, 1.54) is 0 Å². The van der Waals surface area contributed by atoms with Gasteiger partial charge in [-0.3, -0.25) is 19.3 Å². The van der Waals surface area contributed by atoms with E-state index in [-0.39, 0.29) is 36.7 Å². The molecule has 0 atom stereocenters. The second-order valence-electron chi connectivity index (χ2n) is 11.2. The number of piperazine rings is 1. The molecule has 10 nitrogen and oxygen atoms in total. The first kappa shape index (κ1) is 30.7. The van der Waals surface area contributed by atoms with Crippen LogP contribution in [0, 0.1) is 6.92 Å². The molecule has 2 heterocycles.